The van der Waals surface area contributed by atoms with Gasteiger partial charge in [-0.05, 0) is 36.8 Å². The van der Waals surface area contributed by atoms with Crippen LogP contribution in [-0.4, -0.2) is 25.0 Å². The van der Waals surface area contributed by atoms with E-state index in [0.29, 0.717) is 11.4 Å². The fraction of sp³-hybridized carbons (Fsp3) is 0.111. The summed E-state index contributed by atoms with van der Waals surface area (Å²) in [7, 11) is 0. The van der Waals surface area contributed by atoms with Gasteiger partial charge in [0.15, 0.2) is 0 Å². The predicted octanol–water partition coefficient (Wildman–Crippen LogP) is 1.78. The van der Waals surface area contributed by atoms with Crippen LogP contribution < -0.4 is 11.0 Å². The van der Waals surface area contributed by atoms with Crippen LogP contribution in [0.1, 0.15) is 21.7 Å². The summed E-state index contributed by atoms with van der Waals surface area (Å²) >= 11 is 0. The third-order valence-corrected chi connectivity index (χ3v) is 4.26. The number of rotatable bonds is 3. The maximum absolute atomic E-state index is 12.9. The van der Waals surface area contributed by atoms with E-state index in [2.05, 4.69) is 4.98 Å². The third-order valence-electron chi connectivity index (χ3n) is 4.26. The van der Waals surface area contributed by atoms with Crippen molar-refractivity contribution in [2.24, 2.45) is 0 Å². The van der Waals surface area contributed by atoms with Gasteiger partial charge >= 0.3 is 5.97 Å². The monoisotopic (exact) mass is 350 g/mol. The molecule has 0 aliphatic rings. The molecule has 130 valence electrons. The van der Waals surface area contributed by atoms with Crippen molar-refractivity contribution in [2.75, 3.05) is 0 Å². The first-order valence-electron chi connectivity index (χ1n) is 7.83. The maximum Gasteiger partial charge on any atom is 0.339 e. The van der Waals surface area contributed by atoms with E-state index >= 15 is 0 Å². The van der Waals surface area contributed by atoms with Crippen molar-refractivity contribution in [3.05, 3.63) is 75.5 Å². The maximum atomic E-state index is 12.9. The van der Waals surface area contributed by atoms with E-state index in [4.69, 9.17) is 9.83 Å². The zero-order valence-electron chi connectivity index (χ0n) is 13.8. The van der Waals surface area contributed by atoms with Gasteiger partial charge in [-0.15, -0.1) is 0 Å². The van der Waals surface area contributed by atoms with Crippen LogP contribution in [0.4, 0.5) is 0 Å². The number of furan rings is 1. The van der Waals surface area contributed by atoms with Crippen LogP contribution in [0.25, 0.3) is 16.7 Å². The Morgan fingerprint density at radius 2 is 2.12 bits per heavy atom. The minimum atomic E-state index is -1.28. The van der Waals surface area contributed by atoms with Crippen molar-refractivity contribution in [2.45, 2.75) is 13.5 Å². The number of pyridine rings is 2. The average molecular weight is 350 g/mol. The van der Waals surface area contributed by atoms with Crippen molar-refractivity contribution in [1.29, 1.82) is 5.41 Å². The molecule has 4 heterocycles. The molecular weight excluding hydrogens is 336 g/mol. The van der Waals surface area contributed by atoms with Gasteiger partial charge in [0.1, 0.15) is 28.1 Å². The molecule has 4 aromatic rings. The molecule has 0 saturated carbocycles. The molecule has 2 N–H and O–H groups in total. The number of hydrogen-bond donors (Lipinski definition) is 2. The lowest BCUT2D eigenvalue weighted by Gasteiger charge is -2.13. The van der Waals surface area contributed by atoms with Crippen LogP contribution in [0.15, 0.2) is 52.0 Å². The molecule has 8 heteroatoms. The molecule has 0 atom stereocenters. The van der Waals surface area contributed by atoms with E-state index in [1.807, 2.05) is 13.0 Å². The summed E-state index contributed by atoms with van der Waals surface area (Å²) in [6.07, 6.45) is 3.08. The van der Waals surface area contributed by atoms with E-state index in [0.717, 1.165) is 5.56 Å². The zero-order valence-corrected chi connectivity index (χ0v) is 13.8. The van der Waals surface area contributed by atoms with Crippen LogP contribution in [0.2, 0.25) is 0 Å². The van der Waals surface area contributed by atoms with Crippen molar-refractivity contribution in [3.63, 3.8) is 0 Å². The molecular formula is C18H14N4O4. The summed E-state index contributed by atoms with van der Waals surface area (Å²) in [5, 5.41) is 17.9. The fourth-order valence-electron chi connectivity index (χ4n) is 2.97. The Balaban J connectivity index is 2.18. The molecule has 26 heavy (non-hydrogen) atoms. The van der Waals surface area contributed by atoms with Gasteiger partial charge in [-0.2, -0.15) is 0 Å². The molecule has 0 amide bonds. The van der Waals surface area contributed by atoms with Crippen molar-refractivity contribution in [3.8, 4) is 0 Å². The van der Waals surface area contributed by atoms with Gasteiger partial charge in [0.05, 0.1) is 18.2 Å². The van der Waals surface area contributed by atoms with E-state index in [1.54, 1.807) is 24.4 Å². The second-order valence-corrected chi connectivity index (χ2v) is 5.92. The number of fused-ring (bicyclic) bond motifs is 2. The van der Waals surface area contributed by atoms with Crippen molar-refractivity contribution < 1.29 is 14.3 Å². The summed E-state index contributed by atoms with van der Waals surface area (Å²) in [5.74, 6) is -0.752. The Hall–Kier alpha value is -3.68. The Labute approximate surface area is 146 Å². The molecule has 0 aromatic carbocycles. The molecule has 0 spiro atoms. The van der Waals surface area contributed by atoms with Gasteiger partial charge in [-0.1, -0.05) is 6.07 Å². The highest BCUT2D eigenvalue weighted by Gasteiger charge is 2.18. The van der Waals surface area contributed by atoms with Gasteiger partial charge in [-0.3, -0.25) is 14.6 Å². The van der Waals surface area contributed by atoms with Crippen LogP contribution in [0.5, 0.6) is 0 Å². The third kappa shape index (κ3) is 2.31. The topological polar surface area (TPSA) is 114 Å². The minimum absolute atomic E-state index is 0.0952. The van der Waals surface area contributed by atoms with Crippen LogP contribution in [0.3, 0.4) is 0 Å². The van der Waals surface area contributed by atoms with Crippen molar-refractivity contribution >= 4 is 22.6 Å². The Morgan fingerprint density at radius 1 is 1.31 bits per heavy atom. The molecule has 0 saturated heterocycles. The highest BCUT2D eigenvalue weighted by Crippen LogP contribution is 2.14. The second-order valence-electron chi connectivity index (χ2n) is 5.92. The molecule has 8 nitrogen and oxygen atoms in total. The molecule has 4 aromatic heterocycles. The molecule has 0 radical (unpaired) electrons. The van der Waals surface area contributed by atoms with Crippen LogP contribution >= 0.6 is 0 Å². The number of hydrogen-bond acceptors (Lipinski definition) is 5. The summed E-state index contributed by atoms with van der Waals surface area (Å²) in [6.45, 7) is 1.93. The van der Waals surface area contributed by atoms with E-state index in [-0.39, 0.29) is 34.2 Å². The molecule has 0 unspecified atom stereocenters. The number of carbonyl (C=O) groups is 1. The number of aromatic nitrogens is 3. The second kappa shape index (κ2) is 5.69. The first kappa shape index (κ1) is 15.8. The number of aryl methyl sites for hydroxylation is 1. The first-order chi connectivity index (χ1) is 12.5. The minimum Gasteiger partial charge on any atom is -0.478 e. The number of nitrogens with zero attached hydrogens (tertiary/aromatic N) is 3. The van der Waals surface area contributed by atoms with Crippen LogP contribution in [0, 0.1) is 12.3 Å². The average Bonchev–Trinajstić information content (AvgIpc) is 3.11. The quantitative estimate of drug-likeness (QED) is 0.547. The molecule has 0 aliphatic heterocycles. The van der Waals surface area contributed by atoms with Gasteiger partial charge in [-0.25, -0.2) is 9.78 Å². The highest BCUT2D eigenvalue weighted by atomic mass is 16.4. The lowest BCUT2D eigenvalue weighted by atomic mass is 10.2. The predicted molar refractivity (Wildman–Crippen MR) is 92.3 cm³/mol. The smallest absolute Gasteiger partial charge is 0.339 e. The summed E-state index contributed by atoms with van der Waals surface area (Å²) in [6, 6.07) is 8.18. The number of carboxylic acids is 1. The molecule has 0 bridgehead atoms. The number of carboxylic acid groups (broad SMARTS) is 1. The molecule has 4 rings (SSSR count). The Morgan fingerprint density at radius 3 is 2.81 bits per heavy atom. The van der Waals surface area contributed by atoms with Gasteiger partial charge in [0.25, 0.3) is 5.56 Å². The fourth-order valence-corrected chi connectivity index (χ4v) is 2.97. The summed E-state index contributed by atoms with van der Waals surface area (Å²) in [4.78, 5) is 29.0. The summed E-state index contributed by atoms with van der Waals surface area (Å²) in [5.41, 5.74) is 0.604. The van der Waals surface area contributed by atoms with E-state index in [9.17, 15) is 14.7 Å². The number of aromatic carboxylic acids is 1. The zero-order chi connectivity index (χ0) is 18.4. The van der Waals surface area contributed by atoms with Crippen LogP contribution in [-0.2, 0) is 6.54 Å². The van der Waals surface area contributed by atoms with Gasteiger partial charge in [0.2, 0.25) is 0 Å². The largest absolute Gasteiger partial charge is 0.478 e. The lowest BCUT2D eigenvalue weighted by Crippen LogP contribution is -2.30. The highest BCUT2D eigenvalue weighted by molar-refractivity contribution is 5.91. The Kier molecular flexibility index (Phi) is 3.47. The van der Waals surface area contributed by atoms with E-state index < -0.39 is 5.97 Å². The number of nitrogens with one attached hydrogen (secondary N) is 1. The summed E-state index contributed by atoms with van der Waals surface area (Å²) < 4.78 is 8.08. The SMILES string of the molecule is Cc1cccn2c(=O)c3cc(C(=O)O)c(=N)n(Cc4ccco4)c3nc12. The van der Waals surface area contributed by atoms with Gasteiger partial charge < -0.3 is 14.1 Å². The molecule has 0 aliphatic carbocycles. The Bertz CT molecular complexity index is 1280. The normalized spacial score (nSPS) is 11.3. The van der Waals surface area contributed by atoms with E-state index in [1.165, 1.54) is 21.3 Å². The van der Waals surface area contributed by atoms with Crippen molar-refractivity contribution in [1.82, 2.24) is 14.0 Å². The lowest BCUT2D eigenvalue weighted by molar-refractivity contribution is 0.0694. The molecule has 0 fully saturated rings. The standard InChI is InChI=1S/C18H14N4O4/c1-10-4-2-6-21-15(10)20-16-13(17(21)23)8-12(18(24)25)14(19)22(16)9-11-5-3-7-26-11/h2-8,19H,9H2,1H3,(H,24,25). The van der Waals surface area contributed by atoms with Gasteiger partial charge in [0, 0.05) is 6.20 Å². The first-order valence-corrected chi connectivity index (χ1v) is 7.83.